The van der Waals surface area contributed by atoms with Crippen LogP contribution in [0.1, 0.15) is 21.6 Å². The number of anilines is 1. The summed E-state index contributed by atoms with van der Waals surface area (Å²) in [5.74, 6) is -1.99. The molecule has 0 saturated heterocycles. The van der Waals surface area contributed by atoms with Crippen molar-refractivity contribution >= 4 is 41.2 Å². The predicted octanol–water partition coefficient (Wildman–Crippen LogP) is 1.36. The number of aromatic nitrogens is 1. The molecule has 3 aromatic rings. The van der Waals surface area contributed by atoms with Crippen molar-refractivity contribution in [3.8, 4) is 11.5 Å². The van der Waals surface area contributed by atoms with E-state index in [-0.39, 0.29) is 47.5 Å². The van der Waals surface area contributed by atoms with Crippen molar-refractivity contribution in [3.05, 3.63) is 70.7 Å². The number of oxime groups is 1. The number of fused-ring (bicyclic) bond motifs is 1. The molecular weight excluding hydrogens is 475 g/mol. The summed E-state index contributed by atoms with van der Waals surface area (Å²) in [4.78, 5) is 33.9. The number of nitrogens with zero attached hydrogens (tertiary/aromatic N) is 2. The van der Waals surface area contributed by atoms with Crippen LogP contribution in [0.4, 0.5) is 5.13 Å². The third-order valence-electron chi connectivity index (χ3n) is 4.99. The zero-order valence-corrected chi connectivity index (χ0v) is 19.1. The SMILES string of the molecule is Nc1nc(C(=NOCCOc2ccccc2)C(=O)NC2Cc3cccc(C(=O)O)c3OB2O)cs1. The number of nitrogens with two attached hydrogens (primary N) is 1. The summed E-state index contributed by atoms with van der Waals surface area (Å²) in [6.07, 6.45) is 0.140. The van der Waals surface area contributed by atoms with Gasteiger partial charge in [0.2, 0.25) is 0 Å². The van der Waals surface area contributed by atoms with E-state index in [1.165, 1.54) is 6.07 Å². The second kappa shape index (κ2) is 10.9. The largest absolute Gasteiger partial charge is 0.547 e. The maximum absolute atomic E-state index is 13.0. The van der Waals surface area contributed by atoms with Crippen molar-refractivity contribution in [2.45, 2.75) is 12.4 Å². The fraction of sp³-hybridized carbons (Fsp3) is 0.182. The van der Waals surface area contributed by atoms with Gasteiger partial charge in [0.25, 0.3) is 5.91 Å². The Bertz CT molecular complexity index is 1240. The number of para-hydroxylation sites is 2. The molecule has 0 spiro atoms. The number of rotatable bonds is 9. The Morgan fingerprint density at radius 3 is 2.74 bits per heavy atom. The Balaban J connectivity index is 1.44. The molecular formula is C22H21BN4O7S. The summed E-state index contributed by atoms with van der Waals surface area (Å²) in [5, 5.41) is 28.1. The lowest BCUT2D eigenvalue weighted by atomic mass is 9.72. The average molecular weight is 496 g/mol. The van der Waals surface area contributed by atoms with Crippen LogP contribution in [-0.4, -0.2) is 59.0 Å². The van der Waals surface area contributed by atoms with Gasteiger partial charge in [0.05, 0.1) is 11.5 Å². The van der Waals surface area contributed by atoms with E-state index < -0.39 is 24.9 Å². The van der Waals surface area contributed by atoms with E-state index in [0.717, 1.165) is 11.3 Å². The third-order valence-corrected chi connectivity index (χ3v) is 5.66. The highest BCUT2D eigenvalue weighted by atomic mass is 32.1. The Morgan fingerprint density at radius 2 is 2.03 bits per heavy atom. The first kappa shape index (κ1) is 24.0. The molecule has 11 nitrogen and oxygen atoms in total. The van der Waals surface area contributed by atoms with E-state index in [2.05, 4.69) is 15.5 Å². The normalized spacial score (nSPS) is 15.1. The number of thiazole rings is 1. The Morgan fingerprint density at radius 1 is 1.23 bits per heavy atom. The van der Waals surface area contributed by atoms with Crippen LogP contribution in [0.15, 0.2) is 59.1 Å². The summed E-state index contributed by atoms with van der Waals surface area (Å²) >= 11 is 1.13. The van der Waals surface area contributed by atoms with E-state index in [1.807, 2.05) is 18.2 Å². The van der Waals surface area contributed by atoms with Gasteiger partial charge in [0, 0.05) is 5.38 Å². The zero-order chi connectivity index (χ0) is 24.8. The molecule has 35 heavy (non-hydrogen) atoms. The van der Waals surface area contributed by atoms with Crippen molar-refractivity contribution in [2.75, 3.05) is 18.9 Å². The Kier molecular flexibility index (Phi) is 7.48. The van der Waals surface area contributed by atoms with Gasteiger partial charge >= 0.3 is 13.1 Å². The standard InChI is InChI=1S/C22H21BN4O7S/c24-22-25-16(12-35-22)18(27-33-10-9-32-14-6-2-1-3-7-14)20(28)26-17-11-13-5-4-8-15(21(29)30)19(13)34-23(17)31/h1-8,12,17,31H,9-11H2,(H2,24,25)(H,26,28)(H,29,30). The number of nitrogens with one attached hydrogen (secondary N) is 1. The maximum Gasteiger partial charge on any atom is 0.547 e. The molecule has 1 unspecified atom stereocenters. The minimum Gasteiger partial charge on any atom is -0.534 e. The summed E-state index contributed by atoms with van der Waals surface area (Å²) in [6, 6.07) is 13.8. The first-order valence-electron chi connectivity index (χ1n) is 10.5. The number of hydrogen-bond acceptors (Lipinski definition) is 10. The topological polar surface area (TPSA) is 166 Å². The molecule has 4 rings (SSSR count). The number of amides is 1. The first-order valence-corrected chi connectivity index (χ1v) is 11.4. The zero-order valence-electron chi connectivity index (χ0n) is 18.3. The van der Waals surface area contributed by atoms with E-state index in [9.17, 15) is 19.7 Å². The van der Waals surface area contributed by atoms with Crippen molar-refractivity contribution in [3.63, 3.8) is 0 Å². The van der Waals surface area contributed by atoms with Gasteiger partial charge in [-0.15, -0.1) is 11.3 Å². The molecule has 2 heterocycles. The molecule has 1 amide bonds. The van der Waals surface area contributed by atoms with Crippen LogP contribution in [-0.2, 0) is 16.1 Å². The number of carbonyl (C=O) groups is 2. The monoisotopic (exact) mass is 496 g/mol. The van der Waals surface area contributed by atoms with Gasteiger partial charge in [0.15, 0.2) is 17.5 Å². The number of aromatic carboxylic acids is 1. The van der Waals surface area contributed by atoms with Crippen LogP contribution in [0.2, 0.25) is 0 Å². The summed E-state index contributed by atoms with van der Waals surface area (Å²) in [6.45, 7) is 0.255. The number of carbonyl (C=O) groups excluding carboxylic acids is 1. The van der Waals surface area contributed by atoms with Gasteiger partial charge in [0.1, 0.15) is 23.8 Å². The maximum atomic E-state index is 13.0. The molecule has 2 aromatic carbocycles. The van der Waals surface area contributed by atoms with Gasteiger partial charge < -0.3 is 35.4 Å². The van der Waals surface area contributed by atoms with Gasteiger partial charge in [-0.05, 0) is 30.2 Å². The summed E-state index contributed by atoms with van der Waals surface area (Å²) in [7, 11) is -1.48. The molecule has 0 aliphatic carbocycles. The quantitative estimate of drug-likeness (QED) is 0.148. The number of nitrogen functional groups attached to an aromatic ring is 1. The Hall–Kier alpha value is -4.10. The van der Waals surface area contributed by atoms with Crippen LogP contribution < -0.4 is 20.4 Å². The highest BCUT2D eigenvalue weighted by Crippen LogP contribution is 2.30. The van der Waals surface area contributed by atoms with Gasteiger partial charge in [-0.2, -0.15) is 0 Å². The van der Waals surface area contributed by atoms with Gasteiger partial charge in [-0.25, -0.2) is 9.78 Å². The van der Waals surface area contributed by atoms with Gasteiger partial charge in [-0.1, -0.05) is 35.5 Å². The van der Waals surface area contributed by atoms with Crippen LogP contribution >= 0.6 is 11.3 Å². The molecule has 0 saturated carbocycles. The number of carboxylic acid groups (broad SMARTS) is 1. The van der Waals surface area contributed by atoms with Crippen LogP contribution in [0.3, 0.4) is 0 Å². The molecule has 1 atom stereocenters. The van der Waals surface area contributed by atoms with Crippen molar-refractivity contribution in [1.82, 2.24) is 10.3 Å². The van der Waals surface area contributed by atoms with Crippen molar-refractivity contribution in [2.24, 2.45) is 5.16 Å². The van der Waals surface area contributed by atoms with E-state index in [4.69, 9.17) is 20.0 Å². The molecule has 0 radical (unpaired) electrons. The lowest BCUT2D eigenvalue weighted by Gasteiger charge is -2.28. The first-order chi connectivity index (χ1) is 16.9. The minimum absolute atomic E-state index is 0.0613. The molecule has 1 aliphatic rings. The molecule has 13 heteroatoms. The highest BCUT2D eigenvalue weighted by molar-refractivity contribution is 7.13. The highest BCUT2D eigenvalue weighted by Gasteiger charge is 2.38. The van der Waals surface area contributed by atoms with Crippen molar-refractivity contribution < 1.29 is 33.9 Å². The number of hydrogen-bond donors (Lipinski definition) is 4. The van der Waals surface area contributed by atoms with Crippen molar-refractivity contribution in [1.29, 1.82) is 0 Å². The average Bonchev–Trinajstić information content (AvgIpc) is 3.27. The second-order valence-electron chi connectivity index (χ2n) is 7.40. The van der Waals surface area contributed by atoms with E-state index in [1.54, 1.807) is 29.6 Å². The third kappa shape index (κ3) is 5.88. The van der Waals surface area contributed by atoms with Gasteiger partial charge in [-0.3, -0.25) is 4.79 Å². The predicted molar refractivity (Wildman–Crippen MR) is 129 cm³/mol. The fourth-order valence-corrected chi connectivity index (χ4v) is 3.93. The lowest BCUT2D eigenvalue weighted by molar-refractivity contribution is -0.115. The van der Waals surface area contributed by atoms with E-state index in [0.29, 0.717) is 11.3 Å². The van der Waals surface area contributed by atoms with E-state index >= 15 is 0 Å². The minimum atomic E-state index is -1.48. The van der Waals surface area contributed by atoms with Crippen LogP contribution in [0.5, 0.6) is 11.5 Å². The molecule has 5 N–H and O–H groups in total. The summed E-state index contributed by atoms with van der Waals surface area (Å²) < 4.78 is 11.0. The summed E-state index contributed by atoms with van der Waals surface area (Å²) in [5.41, 5.74) is 6.23. The molecule has 180 valence electrons. The fourth-order valence-electron chi connectivity index (χ4n) is 3.38. The second-order valence-corrected chi connectivity index (χ2v) is 8.29. The molecule has 1 aliphatic heterocycles. The number of ether oxygens (including phenoxy) is 1. The lowest BCUT2D eigenvalue weighted by Crippen LogP contribution is -2.54. The molecule has 1 aromatic heterocycles. The molecule has 0 bridgehead atoms. The Labute approximate surface area is 204 Å². The van der Waals surface area contributed by atoms with Crippen LogP contribution in [0.25, 0.3) is 0 Å². The van der Waals surface area contributed by atoms with Crippen LogP contribution in [0, 0.1) is 0 Å². The molecule has 0 fully saturated rings. The number of carboxylic acids is 1. The number of benzene rings is 2. The smallest absolute Gasteiger partial charge is 0.534 e.